The predicted molar refractivity (Wildman–Crippen MR) is 141 cm³/mol. The zero-order chi connectivity index (χ0) is 29.5. The molecule has 1 aliphatic heterocycles. The molecule has 40 heavy (non-hydrogen) atoms. The van der Waals surface area contributed by atoms with Gasteiger partial charge in [0.15, 0.2) is 0 Å². The van der Waals surface area contributed by atoms with Crippen molar-refractivity contribution in [1.82, 2.24) is 0 Å². The van der Waals surface area contributed by atoms with Crippen LogP contribution < -0.4 is 10.3 Å². The number of para-hydroxylation sites is 1. The minimum atomic E-state index is -6.06. The van der Waals surface area contributed by atoms with Crippen LogP contribution >= 0.6 is 11.6 Å². The third-order valence-electron chi connectivity index (χ3n) is 6.53. The summed E-state index contributed by atoms with van der Waals surface area (Å²) in [5.41, 5.74) is -4.23. The Morgan fingerprint density at radius 2 is 1.57 bits per heavy atom. The van der Waals surface area contributed by atoms with E-state index >= 15 is 0 Å². The summed E-state index contributed by atoms with van der Waals surface area (Å²) in [6.07, 6.45) is -13.0. The van der Waals surface area contributed by atoms with Crippen molar-refractivity contribution in [2.75, 3.05) is 10.3 Å². The van der Waals surface area contributed by atoms with E-state index in [0.717, 1.165) is 10.6 Å². The molecule has 0 saturated heterocycles. The molecule has 212 valence electrons. The second kappa shape index (κ2) is 10.8. The van der Waals surface area contributed by atoms with E-state index < -0.39 is 36.1 Å². The van der Waals surface area contributed by atoms with Crippen LogP contribution in [0.5, 0.6) is 0 Å². The van der Waals surface area contributed by atoms with Gasteiger partial charge in [0.2, 0.25) is 5.91 Å². The first-order valence-corrected chi connectivity index (χ1v) is 12.5. The lowest BCUT2D eigenvalue weighted by Crippen LogP contribution is -2.62. The maximum atomic E-state index is 13.7. The van der Waals surface area contributed by atoms with Gasteiger partial charge < -0.3 is 10.4 Å². The largest absolute Gasteiger partial charge is 0.431 e. The second-order valence-electron chi connectivity index (χ2n) is 9.62. The lowest BCUT2D eigenvalue weighted by Gasteiger charge is -2.32. The minimum absolute atomic E-state index is 0.0527. The molecule has 1 heterocycles. The summed E-state index contributed by atoms with van der Waals surface area (Å²) in [5.74, 6) is -0.392. The van der Waals surface area contributed by atoms with Gasteiger partial charge in [0.25, 0.3) is 5.60 Å². The van der Waals surface area contributed by atoms with Crippen LogP contribution in [0.1, 0.15) is 31.9 Å². The maximum Gasteiger partial charge on any atom is 0.431 e. The van der Waals surface area contributed by atoms with Crippen molar-refractivity contribution >= 4 is 34.6 Å². The van der Waals surface area contributed by atoms with Crippen molar-refractivity contribution in [3.8, 4) is 11.1 Å². The highest BCUT2D eigenvalue weighted by Crippen LogP contribution is 2.49. The third-order valence-corrected chi connectivity index (χ3v) is 6.85. The number of alkyl halides is 6. The van der Waals surface area contributed by atoms with Gasteiger partial charge in [-0.2, -0.15) is 31.4 Å². The predicted octanol–water partition coefficient (Wildman–Crippen LogP) is 7.76. The first kappa shape index (κ1) is 29.4. The highest BCUT2D eigenvalue weighted by atomic mass is 35.5. The number of hydrogen-bond donors (Lipinski definition) is 2. The Hall–Kier alpha value is -3.57. The monoisotopic (exact) mass is 583 g/mol. The SMILES string of the molecule is CC(C)C(=O)Nc1cccc(-c2ccc(C3CC(C(O)(C(F)(F)F)C(F)(F)F)=NN3c3ccccc3Cl)cc2)c1. The first-order chi connectivity index (χ1) is 18.6. The molecular weight excluding hydrogens is 560 g/mol. The fourth-order valence-electron chi connectivity index (χ4n) is 4.30. The van der Waals surface area contributed by atoms with Crippen LogP contribution in [0.2, 0.25) is 5.02 Å². The summed E-state index contributed by atoms with van der Waals surface area (Å²) in [5, 5.41) is 17.5. The summed E-state index contributed by atoms with van der Waals surface area (Å²) < 4.78 is 82.0. The van der Waals surface area contributed by atoms with Gasteiger partial charge in [-0.05, 0) is 41.0 Å². The lowest BCUT2D eigenvalue weighted by molar-refractivity contribution is -0.338. The molecule has 3 aromatic carbocycles. The lowest BCUT2D eigenvalue weighted by atomic mass is 9.89. The molecule has 1 amide bonds. The maximum absolute atomic E-state index is 13.7. The van der Waals surface area contributed by atoms with Crippen molar-refractivity contribution in [2.45, 2.75) is 44.3 Å². The zero-order valence-electron chi connectivity index (χ0n) is 21.2. The summed E-state index contributed by atoms with van der Waals surface area (Å²) in [6.45, 7) is 3.51. The van der Waals surface area contributed by atoms with Gasteiger partial charge in [-0.15, -0.1) is 0 Å². The van der Waals surface area contributed by atoms with E-state index in [1.807, 2.05) is 0 Å². The van der Waals surface area contributed by atoms with Crippen LogP contribution in [0.25, 0.3) is 11.1 Å². The molecule has 4 rings (SSSR count). The summed E-state index contributed by atoms with van der Waals surface area (Å²) >= 11 is 6.23. The van der Waals surface area contributed by atoms with E-state index in [0.29, 0.717) is 16.8 Å². The fraction of sp³-hybridized carbons (Fsp3) is 0.286. The third kappa shape index (κ3) is 5.53. The number of nitrogens with zero attached hydrogens (tertiary/aromatic N) is 2. The quantitative estimate of drug-likeness (QED) is 0.292. The molecule has 0 fully saturated rings. The molecule has 1 aliphatic rings. The standard InChI is InChI=1S/C28H24ClF6N3O2/c1-16(2)25(39)36-20-7-5-6-19(14-20)17-10-12-18(13-11-17)23-15-24(26(40,27(30,31)32)28(33,34)35)37-38(23)22-9-4-3-8-21(22)29/h3-14,16,23,40H,15H2,1-2H3,(H,36,39). The smallest absolute Gasteiger partial charge is 0.369 e. The van der Waals surface area contributed by atoms with Gasteiger partial charge in [-0.3, -0.25) is 9.80 Å². The number of hydrogen-bond acceptors (Lipinski definition) is 4. The number of nitrogens with one attached hydrogen (secondary N) is 1. The topological polar surface area (TPSA) is 64.9 Å². The summed E-state index contributed by atoms with van der Waals surface area (Å²) in [7, 11) is 0. The molecule has 0 spiro atoms. The average Bonchev–Trinajstić information content (AvgIpc) is 3.32. The number of carbonyl (C=O) groups is 1. The number of carbonyl (C=O) groups excluding carboxylic acids is 1. The van der Waals surface area contributed by atoms with Crippen molar-refractivity contribution in [2.24, 2.45) is 11.0 Å². The van der Waals surface area contributed by atoms with Crippen LogP contribution in [-0.4, -0.2) is 34.7 Å². The van der Waals surface area contributed by atoms with E-state index in [9.17, 15) is 36.2 Å². The minimum Gasteiger partial charge on any atom is -0.369 e. The Morgan fingerprint density at radius 3 is 2.15 bits per heavy atom. The van der Waals surface area contributed by atoms with E-state index in [1.165, 1.54) is 18.2 Å². The van der Waals surface area contributed by atoms with Crippen LogP contribution in [-0.2, 0) is 4.79 Å². The van der Waals surface area contributed by atoms with Gasteiger partial charge in [-0.25, -0.2) is 0 Å². The van der Waals surface area contributed by atoms with Gasteiger partial charge in [0.1, 0.15) is 0 Å². The number of rotatable bonds is 6. The molecule has 0 bridgehead atoms. The van der Waals surface area contributed by atoms with Gasteiger partial charge in [0.05, 0.1) is 22.5 Å². The van der Waals surface area contributed by atoms with Crippen molar-refractivity contribution in [1.29, 1.82) is 0 Å². The molecule has 0 aliphatic carbocycles. The number of anilines is 2. The highest BCUT2D eigenvalue weighted by molar-refractivity contribution is 6.33. The Labute approximate surface area is 231 Å². The molecule has 12 heteroatoms. The van der Waals surface area contributed by atoms with Crippen molar-refractivity contribution in [3.05, 3.63) is 83.4 Å². The molecule has 1 atom stereocenters. The van der Waals surface area contributed by atoms with Crippen LogP contribution in [0, 0.1) is 5.92 Å². The van der Waals surface area contributed by atoms with Crippen molar-refractivity contribution in [3.63, 3.8) is 0 Å². The molecule has 2 N–H and O–H groups in total. The molecular formula is C28H24ClF6N3O2. The molecule has 0 saturated carbocycles. The zero-order valence-corrected chi connectivity index (χ0v) is 21.9. The Kier molecular flexibility index (Phi) is 7.92. The fourth-order valence-corrected chi connectivity index (χ4v) is 4.52. The van der Waals surface area contributed by atoms with E-state index in [-0.39, 0.29) is 22.5 Å². The molecule has 0 aromatic heterocycles. The number of hydrazone groups is 1. The van der Waals surface area contributed by atoms with E-state index in [4.69, 9.17) is 11.6 Å². The normalized spacial score (nSPS) is 16.3. The first-order valence-electron chi connectivity index (χ1n) is 12.1. The molecule has 5 nitrogen and oxygen atoms in total. The number of amides is 1. The average molecular weight is 584 g/mol. The summed E-state index contributed by atoms with van der Waals surface area (Å²) in [4.78, 5) is 12.0. The molecule has 1 unspecified atom stereocenters. The molecule has 3 aromatic rings. The van der Waals surface area contributed by atoms with Crippen molar-refractivity contribution < 1.29 is 36.2 Å². The number of benzene rings is 3. The van der Waals surface area contributed by atoms with E-state index in [2.05, 4.69) is 10.4 Å². The van der Waals surface area contributed by atoms with Crippen LogP contribution in [0.4, 0.5) is 37.7 Å². The number of aliphatic hydroxyl groups is 1. The highest BCUT2D eigenvalue weighted by Gasteiger charge is 2.74. The van der Waals surface area contributed by atoms with Crippen LogP contribution in [0.3, 0.4) is 0 Å². The molecule has 0 radical (unpaired) electrons. The summed E-state index contributed by atoms with van der Waals surface area (Å²) in [6, 6.07) is 18.2. The Balaban J connectivity index is 1.71. The number of halogens is 7. The van der Waals surface area contributed by atoms with E-state index in [1.54, 1.807) is 68.4 Å². The Bertz CT molecular complexity index is 1410. The Morgan fingerprint density at radius 1 is 0.950 bits per heavy atom. The van der Waals surface area contributed by atoms with Gasteiger partial charge >= 0.3 is 12.4 Å². The van der Waals surface area contributed by atoms with Crippen LogP contribution in [0.15, 0.2) is 77.9 Å². The van der Waals surface area contributed by atoms with Gasteiger partial charge in [0, 0.05) is 18.0 Å². The van der Waals surface area contributed by atoms with Gasteiger partial charge in [-0.1, -0.05) is 74.0 Å². The second-order valence-corrected chi connectivity index (χ2v) is 10.0.